The highest BCUT2D eigenvalue weighted by atomic mass is 16.5. The van der Waals surface area contributed by atoms with E-state index in [2.05, 4.69) is 4.98 Å². The van der Waals surface area contributed by atoms with Crippen LogP contribution in [0.4, 0.5) is 5.69 Å². The van der Waals surface area contributed by atoms with Crippen molar-refractivity contribution in [2.24, 2.45) is 0 Å². The van der Waals surface area contributed by atoms with Crippen molar-refractivity contribution < 1.29 is 14.3 Å². The number of aromatic amines is 1. The summed E-state index contributed by atoms with van der Waals surface area (Å²) in [5, 5.41) is 1.06. The molecule has 1 aliphatic heterocycles. The number of carbonyl (C=O) groups excluding carboxylic acids is 2. The van der Waals surface area contributed by atoms with Gasteiger partial charge in [0.2, 0.25) is 5.91 Å². The van der Waals surface area contributed by atoms with E-state index in [1.165, 1.54) is 14.0 Å². The van der Waals surface area contributed by atoms with Crippen LogP contribution in [-0.4, -0.2) is 34.9 Å². The number of hydrogen-bond acceptors (Lipinski definition) is 4. The minimum absolute atomic E-state index is 0.184. The van der Waals surface area contributed by atoms with Crippen LogP contribution in [0.3, 0.4) is 0 Å². The van der Waals surface area contributed by atoms with Gasteiger partial charge in [-0.05, 0) is 29.3 Å². The first-order valence-corrected chi connectivity index (χ1v) is 8.83. The Morgan fingerprint density at radius 1 is 1.15 bits per heavy atom. The Hall–Kier alpha value is -3.28. The second kappa shape index (κ2) is 6.46. The van der Waals surface area contributed by atoms with E-state index in [-0.39, 0.29) is 5.91 Å². The summed E-state index contributed by atoms with van der Waals surface area (Å²) < 4.78 is 5.01. The highest BCUT2D eigenvalue weighted by molar-refractivity contribution is 5.90. The summed E-state index contributed by atoms with van der Waals surface area (Å²) in [5.74, 6) is -0.599. The molecular formula is C21H21N3O3. The Bertz CT molecular complexity index is 1020. The second-order valence-electron chi connectivity index (χ2n) is 6.80. The number of aromatic nitrogens is 1. The number of ether oxygens (including phenoxy) is 1. The molecule has 6 heteroatoms. The van der Waals surface area contributed by atoms with Crippen LogP contribution in [0.1, 0.15) is 29.8 Å². The first kappa shape index (κ1) is 17.1. The van der Waals surface area contributed by atoms with Gasteiger partial charge in [0, 0.05) is 35.6 Å². The zero-order valence-corrected chi connectivity index (χ0v) is 15.2. The highest BCUT2D eigenvalue weighted by Crippen LogP contribution is 2.41. The fourth-order valence-corrected chi connectivity index (χ4v) is 4.02. The Labute approximate surface area is 156 Å². The molecule has 2 heterocycles. The molecule has 0 spiro atoms. The van der Waals surface area contributed by atoms with Crippen LogP contribution in [-0.2, 0) is 20.7 Å². The summed E-state index contributed by atoms with van der Waals surface area (Å²) in [7, 11) is 1.35. The minimum Gasteiger partial charge on any atom is -0.467 e. The van der Waals surface area contributed by atoms with Crippen LogP contribution < -0.4 is 5.73 Å². The molecule has 138 valence electrons. The second-order valence-corrected chi connectivity index (χ2v) is 6.80. The number of nitrogens with zero attached hydrogens (tertiary/aromatic N) is 1. The lowest BCUT2D eigenvalue weighted by atomic mass is 9.88. The van der Waals surface area contributed by atoms with Gasteiger partial charge in [-0.25, -0.2) is 4.79 Å². The van der Waals surface area contributed by atoms with Crippen LogP contribution >= 0.6 is 0 Å². The van der Waals surface area contributed by atoms with Crippen LogP contribution in [0, 0.1) is 0 Å². The smallest absolute Gasteiger partial charge is 0.328 e. The third-order valence-electron chi connectivity index (χ3n) is 5.22. The van der Waals surface area contributed by atoms with Crippen molar-refractivity contribution in [2.75, 3.05) is 12.8 Å². The van der Waals surface area contributed by atoms with E-state index in [1.54, 1.807) is 17.0 Å². The number of para-hydroxylation sites is 1. The van der Waals surface area contributed by atoms with Crippen LogP contribution in [0.5, 0.6) is 0 Å². The number of rotatable bonds is 2. The summed E-state index contributed by atoms with van der Waals surface area (Å²) >= 11 is 0. The van der Waals surface area contributed by atoms with Gasteiger partial charge in [0.1, 0.15) is 6.04 Å². The number of nitrogens with two attached hydrogens (primary N) is 1. The van der Waals surface area contributed by atoms with Gasteiger partial charge in [0.25, 0.3) is 0 Å². The molecule has 0 radical (unpaired) electrons. The first-order chi connectivity index (χ1) is 13.0. The Morgan fingerprint density at radius 2 is 1.85 bits per heavy atom. The quantitative estimate of drug-likeness (QED) is 0.541. The molecule has 3 N–H and O–H groups in total. The fraction of sp³-hybridized carbons (Fsp3) is 0.238. The maximum atomic E-state index is 12.6. The maximum absolute atomic E-state index is 12.6. The lowest BCUT2D eigenvalue weighted by Gasteiger charge is -2.40. The number of benzene rings is 2. The van der Waals surface area contributed by atoms with Gasteiger partial charge in [-0.2, -0.15) is 0 Å². The summed E-state index contributed by atoms with van der Waals surface area (Å²) in [6, 6.07) is 14.3. The highest BCUT2D eigenvalue weighted by Gasteiger charge is 2.42. The molecule has 4 rings (SSSR count). The number of nitrogen functional groups attached to an aromatic ring is 1. The van der Waals surface area contributed by atoms with E-state index in [9.17, 15) is 9.59 Å². The number of carbonyl (C=O) groups is 2. The molecule has 2 aromatic carbocycles. The average molecular weight is 363 g/mol. The average Bonchev–Trinajstić information content (AvgIpc) is 3.05. The SMILES string of the molecule is COC(=O)C1Cc2c([nH]c3ccccc23)C(c2ccc(N)cc2)N1C(C)=O. The van der Waals surface area contributed by atoms with Crippen molar-refractivity contribution in [2.45, 2.75) is 25.4 Å². The van der Waals surface area contributed by atoms with Gasteiger partial charge in [0.15, 0.2) is 0 Å². The molecule has 0 saturated heterocycles. The Kier molecular flexibility index (Phi) is 4.11. The van der Waals surface area contributed by atoms with Crippen LogP contribution in [0.25, 0.3) is 10.9 Å². The zero-order valence-electron chi connectivity index (χ0n) is 15.2. The molecule has 3 aromatic rings. The lowest BCUT2D eigenvalue weighted by molar-refractivity contribution is -0.154. The monoisotopic (exact) mass is 363 g/mol. The van der Waals surface area contributed by atoms with E-state index < -0.39 is 18.1 Å². The van der Waals surface area contributed by atoms with E-state index in [0.717, 1.165) is 27.7 Å². The molecule has 6 nitrogen and oxygen atoms in total. The van der Waals surface area contributed by atoms with Gasteiger partial charge in [-0.15, -0.1) is 0 Å². The summed E-state index contributed by atoms with van der Waals surface area (Å²) in [4.78, 5) is 30.2. The number of methoxy groups -OCH3 is 1. The number of H-pyrrole nitrogens is 1. The predicted molar refractivity (Wildman–Crippen MR) is 103 cm³/mol. The van der Waals surface area contributed by atoms with Crippen LogP contribution in [0.15, 0.2) is 48.5 Å². The predicted octanol–water partition coefficient (Wildman–Crippen LogP) is 2.79. The summed E-state index contributed by atoms with van der Waals surface area (Å²) in [5.41, 5.74) is 10.3. The summed E-state index contributed by atoms with van der Waals surface area (Å²) in [6.07, 6.45) is 0.414. The van der Waals surface area contributed by atoms with Gasteiger partial charge in [0.05, 0.1) is 13.2 Å². The van der Waals surface area contributed by atoms with E-state index in [4.69, 9.17) is 10.5 Å². The third-order valence-corrected chi connectivity index (χ3v) is 5.22. The van der Waals surface area contributed by atoms with Gasteiger partial charge in [-0.3, -0.25) is 4.79 Å². The zero-order chi connectivity index (χ0) is 19.1. The lowest BCUT2D eigenvalue weighted by Crippen LogP contribution is -2.51. The number of esters is 1. The summed E-state index contributed by atoms with van der Waals surface area (Å²) in [6.45, 7) is 1.48. The van der Waals surface area contributed by atoms with Crippen molar-refractivity contribution in [3.05, 3.63) is 65.4 Å². The van der Waals surface area contributed by atoms with Crippen LogP contribution in [0.2, 0.25) is 0 Å². The van der Waals surface area contributed by atoms with Crippen molar-refractivity contribution in [1.29, 1.82) is 0 Å². The number of fused-ring (bicyclic) bond motifs is 3. The number of amides is 1. The van der Waals surface area contributed by atoms with Gasteiger partial charge >= 0.3 is 5.97 Å². The third kappa shape index (κ3) is 2.73. The van der Waals surface area contributed by atoms with Gasteiger partial charge in [-0.1, -0.05) is 30.3 Å². The minimum atomic E-state index is -0.679. The van der Waals surface area contributed by atoms with E-state index >= 15 is 0 Å². The van der Waals surface area contributed by atoms with Crippen molar-refractivity contribution in [3.8, 4) is 0 Å². The normalized spacial score (nSPS) is 19.0. The van der Waals surface area contributed by atoms with Gasteiger partial charge < -0.3 is 20.4 Å². The molecule has 27 heavy (non-hydrogen) atoms. The number of anilines is 1. The Morgan fingerprint density at radius 3 is 2.52 bits per heavy atom. The molecule has 0 aliphatic carbocycles. The van der Waals surface area contributed by atoms with E-state index in [1.807, 2.05) is 36.4 Å². The topological polar surface area (TPSA) is 88.4 Å². The molecular weight excluding hydrogens is 342 g/mol. The molecule has 0 bridgehead atoms. The molecule has 0 saturated carbocycles. The molecule has 2 unspecified atom stereocenters. The van der Waals surface area contributed by atoms with Crippen molar-refractivity contribution in [3.63, 3.8) is 0 Å². The first-order valence-electron chi connectivity index (χ1n) is 8.83. The molecule has 0 fully saturated rings. The van der Waals surface area contributed by atoms with E-state index in [0.29, 0.717) is 12.1 Å². The van der Waals surface area contributed by atoms with Crippen molar-refractivity contribution >= 4 is 28.5 Å². The molecule has 1 aromatic heterocycles. The molecule has 1 amide bonds. The fourth-order valence-electron chi connectivity index (χ4n) is 4.02. The maximum Gasteiger partial charge on any atom is 0.328 e. The largest absolute Gasteiger partial charge is 0.467 e. The molecule has 1 aliphatic rings. The van der Waals surface area contributed by atoms with Crippen molar-refractivity contribution in [1.82, 2.24) is 9.88 Å². The number of nitrogens with one attached hydrogen (secondary N) is 1. The standard InChI is InChI=1S/C21H21N3O3/c1-12(25)24-18(21(26)27-2)11-16-15-5-3-4-6-17(15)23-19(16)20(24)13-7-9-14(22)10-8-13/h3-10,18,20,23H,11,22H2,1-2H3. The molecule has 2 atom stereocenters. The Balaban J connectivity index is 1.98. The number of hydrogen-bond donors (Lipinski definition) is 2.